The van der Waals surface area contributed by atoms with Crippen LogP contribution in [0.3, 0.4) is 0 Å². The summed E-state index contributed by atoms with van der Waals surface area (Å²) >= 11 is 0. The highest BCUT2D eigenvalue weighted by atomic mass is 16.5. The lowest BCUT2D eigenvalue weighted by atomic mass is 9.94. The summed E-state index contributed by atoms with van der Waals surface area (Å²) in [6.45, 7) is 3.87. The molecule has 0 atom stereocenters. The number of carbonyl (C=O) groups is 1. The average molecular weight is 276 g/mol. The van der Waals surface area contributed by atoms with Crippen molar-refractivity contribution in [2.24, 2.45) is 5.41 Å². The molecular formula is C12H16N6O2. The zero-order valence-electron chi connectivity index (χ0n) is 11.6. The predicted octanol–water partition coefficient (Wildman–Crippen LogP) is 0.668. The number of rotatable bonds is 5. The Labute approximate surface area is 116 Å². The number of hydrogen-bond acceptors (Lipinski definition) is 6. The van der Waals surface area contributed by atoms with Gasteiger partial charge in [-0.05, 0) is 19.9 Å². The molecule has 1 N–H and O–H groups in total. The van der Waals surface area contributed by atoms with Gasteiger partial charge in [0.25, 0.3) is 5.95 Å². The topological polar surface area (TPSA) is 94.8 Å². The van der Waals surface area contributed by atoms with E-state index in [-0.39, 0.29) is 11.9 Å². The summed E-state index contributed by atoms with van der Waals surface area (Å²) in [5.41, 5.74) is -0.678. The molecule has 2 rings (SSSR count). The molecule has 0 spiro atoms. The molecule has 0 aliphatic carbocycles. The number of ether oxygens (including phenoxy) is 1. The third kappa shape index (κ3) is 2.97. The summed E-state index contributed by atoms with van der Waals surface area (Å²) in [5, 5.41) is 6.71. The third-order valence-electron chi connectivity index (χ3n) is 2.63. The molecule has 8 heteroatoms. The molecule has 0 aliphatic rings. The first-order valence-electron chi connectivity index (χ1n) is 6.02. The smallest absolute Gasteiger partial charge is 0.253 e. The van der Waals surface area contributed by atoms with Gasteiger partial charge in [0, 0.05) is 19.5 Å². The van der Waals surface area contributed by atoms with Gasteiger partial charge in [0.05, 0.1) is 12.0 Å². The Balaban J connectivity index is 2.20. The summed E-state index contributed by atoms with van der Waals surface area (Å²) in [4.78, 5) is 24.3. The quantitative estimate of drug-likeness (QED) is 0.862. The summed E-state index contributed by atoms with van der Waals surface area (Å²) in [6, 6.07) is 1.69. The van der Waals surface area contributed by atoms with Crippen molar-refractivity contribution >= 4 is 11.9 Å². The lowest BCUT2D eigenvalue weighted by molar-refractivity contribution is -0.126. The molecule has 0 aliphatic heterocycles. The minimum absolute atomic E-state index is 0.218. The van der Waals surface area contributed by atoms with E-state index in [1.165, 1.54) is 11.0 Å². The Morgan fingerprint density at radius 2 is 2.05 bits per heavy atom. The van der Waals surface area contributed by atoms with E-state index in [0.29, 0.717) is 12.6 Å². The van der Waals surface area contributed by atoms with Gasteiger partial charge in [-0.15, -0.1) is 0 Å². The van der Waals surface area contributed by atoms with Crippen molar-refractivity contribution in [2.75, 3.05) is 19.0 Å². The molecule has 0 fully saturated rings. The van der Waals surface area contributed by atoms with Crippen LogP contribution in [0.5, 0.6) is 0 Å². The van der Waals surface area contributed by atoms with Crippen molar-refractivity contribution in [2.45, 2.75) is 13.8 Å². The zero-order chi connectivity index (χ0) is 14.6. The number of amides is 1. The van der Waals surface area contributed by atoms with Gasteiger partial charge < -0.3 is 4.74 Å². The van der Waals surface area contributed by atoms with Crippen molar-refractivity contribution in [3.05, 3.63) is 24.8 Å². The van der Waals surface area contributed by atoms with Crippen LogP contribution in [0.4, 0.5) is 5.95 Å². The first kappa shape index (κ1) is 14.1. The Morgan fingerprint density at radius 3 is 2.70 bits per heavy atom. The Bertz CT molecular complexity index is 581. The van der Waals surface area contributed by atoms with Gasteiger partial charge >= 0.3 is 0 Å². The summed E-state index contributed by atoms with van der Waals surface area (Å²) < 4.78 is 6.40. The van der Waals surface area contributed by atoms with Crippen LogP contribution in [0.2, 0.25) is 0 Å². The van der Waals surface area contributed by atoms with Gasteiger partial charge in [-0.1, -0.05) is 0 Å². The lowest BCUT2D eigenvalue weighted by Crippen LogP contribution is -2.35. The van der Waals surface area contributed by atoms with E-state index in [4.69, 9.17) is 4.74 Å². The van der Waals surface area contributed by atoms with Crippen LogP contribution >= 0.6 is 0 Å². The van der Waals surface area contributed by atoms with E-state index in [0.717, 1.165) is 0 Å². The molecule has 1 amide bonds. The standard InChI is InChI=1S/C12H16N6O2/c1-12(2,7-20-3)9(19)17-11-15-8-16-18(11)10-13-5-4-6-14-10/h4-6,8H,7H2,1-3H3,(H,15,16,17,19). The molecule has 8 nitrogen and oxygen atoms in total. The molecule has 0 saturated heterocycles. The van der Waals surface area contributed by atoms with Gasteiger partial charge in [0.2, 0.25) is 11.9 Å². The maximum Gasteiger partial charge on any atom is 0.253 e. The number of nitrogens with zero attached hydrogens (tertiary/aromatic N) is 5. The first-order valence-corrected chi connectivity index (χ1v) is 6.02. The zero-order valence-corrected chi connectivity index (χ0v) is 11.6. The van der Waals surface area contributed by atoms with Crippen molar-refractivity contribution in [3.8, 4) is 5.95 Å². The fourth-order valence-corrected chi connectivity index (χ4v) is 1.57. The van der Waals surface area contributed by atoms with Crippen LogP contribution in [0, 0.1) is 5.41 Å². The van der Waals surface area contributed by atoms with Crippen LogP contribution in [-0.4, -0.2) is 44.4 Å². The molecule has 20 heavy (non-hydrogen) atoms. The number of carbonyl (C=O) groups excluding carboxylic acids is 1. The van der Waals surface area contributed by atoms with Gasteiger partial charge in [-0.25, -0.2) is 9.97 Å². The van der Waals surface area contributed by atoms with E-state index < -0.39 is 5.41 Å². The van der Waals surface area contributed by atoms with Crippen molar-refractivity contribution < 1.29 is 9.53 Å². The molecule has 2 heterocycles. The molecule has 2 aromatic heterocycles. The van der Waals surface area contributed by atoms with E-state index in [9.17, 15) is 4.79 Å². The molecule has 106 valence electrons. The number of methoxy groups -OCH3 is 1. The number of nitrogens with one attached hydrogen (secondary N) is 1. The predicted molar refractivity (Wildman–Crippen MR) is 71.2 cm³/mol. The Morgan fingerprint density at radius 1 is 1.35 bits per heavy atom. The minimum Gasteiger partial charge on any atom is -0.384 e. The second-order valence-corrected chi connectivity index (χ2v) is 4.82. The average Bonchev–Trinajstić information content (AvgIpc) is 2.88. The number of hydrogen-bond donors (Lipinski definition) is 1. The van der Waals surface area contributed by atoms with E-state index in [1.54, 1.807) is 39.4 Å². The Kier molecular flexibility index (Phi) is 4.04. The van der Waals surface area contributed by atoms with Crippen LogP contribution < -0.4 is 5.32 Å². The molecule has 0 unspecified atom stereocenters. The van der Waals surface area contributed by atoms with Crippen LogP contribution in [0.15, 0.2) is 24.8 Å². The molecule has 0 radical (unpaired) electrons. The summed E-state index contributed by atoms with van der Waals surface area (Å²) in [5.74, 6) is 0.389. The van der Waals surface area contributed by atoms with Crippen LogP contribution in [0.1, 0.15) is 13.8 Å². The lowest BCUT2D eigenvalue weighted by Gasteiger charge is -2.21. The fraction of sp³-hybridized carbons (Fsp3) is 0.417. The maximum absolute atomic E-state index is 12.2. The normalized spacial score (nSPS) is 11.3. The van der Waals surface area contributed by atoms with Gasteiger partial charge in [0.1, 0.15) is 6.33 Å². The second-order valence-electron chi connectivity index (χ2n) is 4.82. The van der Waals surface area contributed by atoms with E-state index in [1.807, 2.05) is 0 Å². The monoisotopic (exact) mass is 276 g/mol. The fourth-order valence-electron chi connectivity index (χ4n) is 1.57. The van der Waals surface area contributed by atoms with Gasteiger partial charge in [0.15, 0.2) is 0 Å². The summed E-state index contributed by atoms with van der Waals surface area (Å²) in [6.07, 6.45) is 4.50. The van der Waals surface area contributed by atoms with E-state index in [2.05, 4.69) is 25.4 Å². The van der Waals surface area contributed by atoms with Gasteiger partial charge in [-0.2, -0.15) is 14.8 Å². The minimum atomic E-state index is -0.678. The van der Waals surface area contributed by atoms with Crippen molar-refractivity contribution in [1.29, 1.82) is 0 Å². The van der Waals surface area contributed by atoms with Crippen LogP contribution in [-0.2, 0) is 9.53 Å². The second kappa shape index (κ2) is 5.74. The van der Waals surface area contributed by atoms with Gasteiger partial charge in [-0.3, -0.25) is 10.1 Å². The van der Waals surface area contributed by atoms with Crippen molar-refractivity contribution in [3.63, 3.8) is 0 Å². The molecule has 0 aromatic carbocycles. The Hall–Kier alpha value is -2.35. The SMILES string of the molecule is COCC(C)(C)C(=O)Nc1ncnn1-c1ncccn1. The number of aromatic nitrogens is 5. The highest BCUT2D eigenvalue weighted by Crippen LogP contribution is 2.18. The molecule has 0 saturated carbocycles. The van der Waals surface area contributed by atoms with Crippen LogP contribution in [0.25, 0.3) is 5.95 Å². The number of anilines is 1. The highest BCUT2D eigenvalue weighted by Gasteiger charge is 2.29. The first-order chi connectivity index (χ1) is 9.54. The molecule has 0 bridgehead atoms. The highest BCUT2D eigenvalue weighted by molar-refractivity contribution is 5.93. The third-order valence-corrected chi connectivity index (χ3v) is 2.63. The molecule has 2 aromatic rings. The largest absolute Gasteiger partial charge is 0.384 e. The van der Waals surface area contributed by atoms with E-state index >= 15 is 0 Å². The maximum atomic E-state index is 12.2. The summed E-state index contributed by atoms with van der Waals surface area (Å²) in [7, 11) is 1.55. The molecular weight excluding hydrogens is 260 g/mol. The van der Waals surface area contributed by atoms with Crippen molar-refractivity contribution in [1.82, 2.24) is 24.7 Å².